The average Bonchev–Trinajstić information content (AvgIpc) is 3.08. The molecular weight excluding hydrogens is 424 g/mol. The van der Waals surface area contributed by atoms with Crippen molar-refractivity contribution in [2.45, 2.75) is 12.4 Å². The second-order valence-corrected chi connectivity index (χ2v) is 6.36. The molecule has 1 heterocycles. The predicted molar refractivity (Wildman–Crippen MR) is 92.5 cm³/mol. The molecule has 29 heavy (non-hydrogen) atoms. The summed E-state index contributed by atoms with van der Waals surface area (Å²) in [7, 11) is 0. The van der Waals surface area contributed by atoms with Gasteiger partial charge in [0.25, 0.3) is 0 Å². The third-order valence-electron chi connectivity index (χ3n) is 3.96. The topological polar surface area (TPSA) is 60.9 Å². The molecule has 0 aliphatic carbocycles. The predicted octanol–water partition coefficient (Wildman–Crippen LogP) is 5.33. The molecule has 152 valence electrons. The number of amides is 1. The molecule has 3 aromatic rings. The Morgan fingerprint density at radius 3 is 2.07 bits per heavy atom. The number of alkyl halides is 6. The molecule has 3 rings (SSSR count). The van der Waals surface area contributed by atoms with E-state index in [1.165, 1.54) is 30.3 Å². The molecule has 0 aliphatic heterocycles. The first-order chi connectivity index (χ1) is 13.4. The van der Waals surface area contributed by atoms with E-state index in [1.54, 1.807) is 0 Å². The highest BCUT2D eigenvalue weighted by atomic mass is 35.5. The summed E-state index contributed by atoms with van der Waals surface area (Å²) < 4.78 is 78.1. The van der Waals surface area contributed by atoms with Crippen LogP contribution in [0, 0.1) is 0 Å². The summed E-state index contributed by atoms with van der Waals surface area (Å²) in [6.07, 6.45) is -10.1. The van der Waals surface area contributed by atoms with Crippen molar-refractivity contribution in [3.8, 4) is 16.8 Å². The minimum absolute atomic E-state index is 0.0572. The summed E-state index contributed by atoms with van der Waals surface area (Å²) in [5.41, 5.74) is 2.68. The van der Waals surface area contributed by atoms with Gasteiger partial charge in [0.15, 0.2) is 5.69 Å². The van der Waals surface area contributed by atoms with E-state index < -0.39 is 29.6 Å². The van der Waals surface area contributed by atoms with Crippen LogP contribution in [0.3, 0.4) is 0 Å². The fourth-order valence-corrected chi connectivity index (χ4v) is 2.84. The number of halogens is 7. The smallest absolute Gasteiger partial charge is 0.366 e. The number of nitrogens with zero attached hydrogens (tertiary/aromatic N) is 2. The van der Waals surface area contributed by atoms with Gasteiger partial charge in [-0.1, -0.05) is 29.8 Å². The highest BCUT2D eigenvalue weighted by Gasteiger charge is 2.42. The molecule has 0 atom stereocenters. The Hall–Kier alpha value is -3.01. The van der Waals surface area contributed by atoms with Gasteiger partial charge >= 0.3 is 12.4 Å². The van der Waals surface area contributed by atoms with E-state index >= 15 is 0 Å². The number of carbonyl (C=O) groups is 1. The summed E-state index contributed by atoms with van der Waals surface area (Å²) >= 11 is 5.84. The lowest BCUT2D eigenvalue weighted by atomic mass is 9.99. The maximum atomic E-state index is 13.2. The van der Waals surface area contributed by atoms with Crippen molar-refractivity contribution < 1.29 is 31.1 Å². The standard InChI is InChI=1S/C18H10ClF6N3O/c19-10-3-6-12(13(7-10)16(26)29)9-1-4-11(5-2-9)28-15(18(23,24)25)8-14(27-28)17(20,21)22/h1-8H,(H2,26,29). The van der Waals surface area contributed by atoms with E-state index in [0.29, 0.717) is 11.1 Å². The molecule has 0 aliphatic rings. The zero-order chi connectivity index (χ0) is 21.6. The molecule has 0 spiro atoms. The second-order valence-electron chi connectivity index (χ2n) is 5.92. The Kier molecular flexibility index (Phi) is 5.08. The number of primary amides is 1. The monoisotopic (exact) mass is 433 g/mol. The fraction of sp³-hybridized carbons (Fsp3) is 0.111. The van der Waals surface area contributed by atoms with E-state index in [4.69, 9.17) is 17.3 Å². The lowest BCUT2D eigenvalue weighted by molar-refractivity contribution is -0.143. The second kappa shape index (κ2) is 7.11. The van der Waals surface area contributed by atoms with Gasteiger partial charge in [-0.15, -0.1) is 0 Å². The molecule has 1 aromatic heterocycles. The summed E-state index contributed by atoms with van der Waals surface area (Å²) in [4.78, 5) is 11.6. The number of benzene rings is 2. The Morgan fingerprint density at radius 1 is 0.931 bits per heavy atom. The van der Waals surface area contributed by atoms with Crippen LogP contribution < -0.4 is 5.73 Å². The van der Waals surface area contributed by atoms with Gasteiger partial charge in [-0.2, -0.15) is 31.4 Å². The SMILES string of the molecule is NC(=O)c1cc(Cl)ccc1-c1ccc(-n2nc(C(F)(F)F)cc2C(F)(F)F)cc1. The maximum absolute atomic E-state index is 13.2. The Labute approximate surface area is 164 Å². The first-order valence-electron chi connectivity index (χ1n) is 7.82. The molecule has 0 unspecified atom stereocenters. The maximum Gasteiger partial charge on any atom is 0.435 e. The van der Waals surface area contributed by atoms with Crippen LogP contribution in [0.1, 0.15) is 21.7 Å². The third-order valence-corrected chi connectivity index (χ3v) is 4.20. The van der Waals surface area contributed by atoms with E-state index in [-0.39, 0.29) is 27.0 Å². The average molecular weight is 434 g/mol. The molecule has 0 bridgehead atoms. The van der Waals surface area contributed by atoms with Crippen LogP contribution in [0.4, 0.5) is 26.3 Å². The molecular formula is C18H10ClF6N3O. The first-order valence-corrected chi connectivity index (χ1v) is 8.20. The molecule has 2 N–H and O–H groups in total. The van der Waals surface area contributed by atoms with Gasteiger partial charge in [0, 0.05) is 16.7 Å². The van der Waals surface area contributed by atoms with Gasteiger partial charge in [0.1, 0.15) is 5.69 Å². The Bertz CT molecular complexity index is 1070. The first kappa shape index (κ1) is 20.7. The largest absolute Gasteiger partial charge is 0.435 e. The molecule has 0 saturated carbocycles. The highest BCUT2D eigenvalue weighted by molar-refractivity contribution is 6.31. The number of aromatic nitrogens is 2. The molecule has 0 saturated heterocycles. The van der Waals surface area contributed by atoms with Crippen LogP contribution in [0.15, 0.2) is 48.5 Å². The van der Waals surface area contributed by atoms with E-state index in [1.807, 2.05) is 0 Å². The lowest BCUT2D eigenvalue weighted by Gasteiger charge is -2.12. The molecule has 0 radical (unpaired) electrons. The van der Waals surface area contributed by atoms with E-state index in [0.717, 1.165) is 12.1 Å². The number of nitrogens with two attached hydrogens (primary N) is 1. The number of hydrogen-bond acceptors (Lipinski definition) is 2. The van der Waals surface area contributed by atoms with Gasteiger partial charge in [-0.05, 0) is 35.4 Å². The summed E-state index contributed by atoms with van der Waals surface area (Å²) in [5, 5.41) is 3.31. The minimum Gasteiger partial charge on any atom is -0.366 e. The number of hydrogen-bond donors (Lipinski definition) is 1. The van der Waals surface area contributed by atoms with Crippen molar-refractivity contribution in [2.75, 3.05) is 0 Å². The van der Waals surface area contributed by atoms with Gasteiger partial charge < -0.3 is 5.73 Å². The van der Waals surface area contributed by atoms with Crippen LogP contribution >= 0.6 is 11.6 Å². The van der Waals surface area contributed by atoms with Crippen LogP contribution in [-0.4, -0.2) is 15.7 Å². The molecule has 2 aromatic carbocycles. The van der Waals surface area contributed by atoms with E-state index in [2.05, 4.69) is 5.10 Å². The van der Waals surface area contributed by atoms with Crippen molar-refractivity contribution in [3.63, 3.8) is 0 Å². The number of carbonyl (C=O) groups excluding carboxylic acids is 1. The summed E-state index contributed by atoms with van der Waals surface area (Å²) in [5.74, 6) is -0.771. The Morgan fingerprint density at radius 2 is 1.55 bits per heavy atom. The van der Waals surface area contributed by atoms with Crippen molar-refractivity contribution in [1.29, 1.82) is 0 Å². The summed E-state index contributed by atoms with van der Waals surface area (Å²) in [6.45, 7) is 0. The molecule has 0 fully saturated rings. The van der Waals surface area contributed by atoms with E-state index in [9.17, 15) is 31.1 Å². The zero-order valence-corrected chi connectivity index (χ0v) is 14.9. The van der Waals surface area contributed by atoms with Crippen molar-refractivity contribution in [1.82, 2.24) is 9.78 Å². The minimum atomic E-state index is -5.05. The molecule has 11 heteroatoms. The van der Waals surface area contributed by atoms with Crippen LogP contribution in [0.5, 0.6) is 0 Å². The molecule has 1 amide bonds. The van der Waals surface area contributed by atoms with Gasteiger partial charge in [-0.25, -0.2) is 4.68 Å². The lowest BCUT2D eigenvalue weighted by Crippen LogP contribution is -2.13. The third kappa shape index (κ3) is 4.21. The van der Waals surface area contributed by atoms with Gasteiger partial charge in [0.05, 0.1) is 5.69 Å². The van der Waals surface area contributed by atoms with Gasteiger partial charge in [-0.3, -0.25) is 4.79 Å². The van der Waals surface area contributed by atoms with Crippen LogP contribution in [0.2, 0.25) is 5.02 Å². The summed E-state index contributed by atoms with van der Waals surface area (Å²) in [6, 6.07) is 9.22. The van der Waals surface area contributed by atoms with Crippen LogP contribution in [-0.2, 0) is 12.4 Å². The fourth-order valence-electron chi connectivity index (χ4n) is 2.67. The van der Waals surface area contributed by atoms with Crippen molar-refractivity contribution in [3.05, 3.63) is 70.5 Å². The normalized spacial score (nSPS) is 12.2. The number of rotatable bonds is 3. The van der Waals surface area contributed by atoms with Crippen LogP contribution in [0.25, 0.3) is 16.8 Å². The van der Waals surface area contributed by atoms with Crippen molar-refractivity contribution in [2.24, 2.45) is 5.73 Å². The molecule has 4 nitrogen and oxygen atoms in total. The van der Waals surface area contributed by atoms with Crippen molar-refractivity contribution >= 4 is 17.5 Å². The Balaban J connectivity index is 2.09. The zero-order valence-electron chi connectivity index (χ0n) is 14.1. The quantitative estimate of drug-likeness (QED) is 0.568. The highest BCUT2D eigenvalue weighted by Crippen LogP contribution is 2.37. The van der Waals surface area contributed by atoms with Gasteiger partial charge in [0.2, 0.25) is 5.91 Å².